The number of para-hydroxylation sites is 1. The molecular weight excluding hydrogens is 350 g/mol. The van der Waals surface area contributed by atoms with Crippen molar-refractivity contribution in [1.82, 2.24) is 9.88 Å². The summed E-state index contributed by atoms with van der Waals surface area (Å²) in [4.78, 5) is 29.9. The van der Waals surface area contributed by atoms with Crippen molar-refractivity contribution in [3.8, 4) is 0 Å². The van der Waals surface area contributed by atoms with E-state index in [9.17, 15) is 9.59 Å². The lowest BCUT2D eigenvalue weighted by atomic mass is 9.97. The maximum absolute atomic E-state index is 12.7. The molecule has 0 aliphatic carbocycles. The zero-order valence-electron chi connectivity index (χ0n) is 14.3. The van der Waals surface area contributed by atoms with Crippen molar-refractivity contribution in [2.75, 3.05) is 18.4 Å². The van der Waals surface area contributed by atoms with Gasteiger partial charge in [-0.15, -0.1) is 0 Å². The van der Waals surface area contributed by atoms with Crippen LogP contribution < -0.4 is 5.32 Å². The van der Waals surface area contributed by atoms with E-state index in [4.69, 9.17) is 11.6 Å². The van der Waals surface area contributed by atoms with Gasteiger partial charge in [-0.2, -0.15) is 0 Å². The summed E-state index contributed by atoms with van der Waals surface area (Å²) < 4.78 is 0. The largest absolute Gasteiger partial charge is 0.360 e. The molecule has 26 heavy (non-hydrogen) atoms. The summed E-state index contributed by atoms with van der Waals surface area (Å²) >= 11 is 6.09. The van der Waals surface area contributed by atoms with Crippen molar-refractivity contribution < 1.29 is 9.59 Å². The average molecular weight is 368 g/mol. The fraction of sp³-hybridized carbons (Fsp3) is 0.200. The van der Waals surface area contributed by atoms with E-state index in [1.807, 2.05) is 37.3 Å². The van der Waals surface area contributed by atoms with E-state index in [0.717, 1.165) is 16.5 Å². The normalized spacial score (nSPS) is 14.3. The standard InChI is InChI=1S/C20H18ClN3O2/c1-12-16(21)6-4-8-17(12)23-19(25)13-10-24(11-13)20(26)15-9-22-18-7-3-2-5-14(15)18/h2-9,13,22H,10-11H2,1H3,(H,23,25). The number of hydrogen-bond acceptors (Lipinski definition) is 2. The molecule has 1 fully saturated rings. The molecule has 2 amide bonds. The van der Waals surface area contributed by atoms with Crippen LogP contribution >= 0.6 is 11.6 Å². The van der Waals surface area contributed by atoms with Crippen LogP contribution in [0.5, 0.6) is 0 Å². The van der Waals surface area contributed by atoms with E-state index >= 15 is 0 Å². The van der Waals surface area contributed by atoms with Gasteiger partial charge in [0.05, 0.1) is 11.5 Å². The van der Waals surface area contributed by atoms with Gasteiger partial charge in [0.15, 0.2) is 0 Å². The van der Waals surface area contributed by atoms with Gasteiger partial charge in [0.25, 0.3) is 5.91 Å². The lowest BCUT2D eigenvalue weighted by molar-refractivity contribution is -0.123. The monoisotopic (exact) mass is 367 g/mol. The number of likely N-dealkylation sites (tertiary alicyclic amines) is 1. The molecule has 0 spiro atoms. The molecule has 0 radical (unpaired) electrons. The van der Waals surface area contributed by atoms with E-state index in [1.54, 1.807) is 23.2 Å². The van der Waals surface area contributed by atoms with E-state index in [-0.39, 0.29) is 17.7 Å². The van der Waals surface area contributed by atoms with Gasteiger partial charge in [-0.25, -0.2) is 0 Å². The van der Waals surface area contributed by atoms with Gasteiger partial charge < -0.3 is 15.2 Å². The second kappa shape index (κ2) is 6.50. The fourth-order valence-electron chi connectivity index (χ4n) is 3.21. The highest BCUT2D eigenvalue weighted by atomic mass is 35.5. The molecule has 0 saturated carbocycles. The quantitative estimate of drug-likeness (QED) is 0.738. The van der Waals surface area contributed by atoms with Crippen LogP contribution in [0.25, 0.3) is 10.9 Å². The predicted molar refractivity (Wildman–Crippen MR) is 103 cm³/mol. The number of hydrogen-bond donors (Lipinski definition) is 2. The van der Waals surface area contributed by atoms with E-state index < -0.39 is 0 Å². The highest BCUT2D eigenvalue weighted by Gasteiger charge is 2.36. The number of aromatic nitrogens is 1. The minimum Gasteiger partial charge on any atom is -0.360 e. The number of fused-ring (bicyclic) bond motifs is 1. The number of aromatic amines is 1. The fourth-order valence-corrected chi connectivity index (χ4v) is 3.38. The first-order valence-corrected chi connectivity index (χ1v) is 8.84. The summed E-state index contributed by atoms with van der Waals surface area (Å²) in [5.74, 6) is -0.341. The number of nitrogens with one attached hydrogen (secondary N) is 2. The number of carbonyl (C=O) groups excluding carboxylic acids is 2. The number of H-pyrrole nitrogens is 1. The van der Waals surface area contributed by atoms with Crippen molar-refractivity contribution in [2.45, 2.75) is 6.92 Å². The molecule has 0 bridgehead atoms. The van der Waals surface area contributed by atoms with Crippen molar-refractivity contribution in [3.63, 3.8) is 0 Å². The third-order valence-electron chi connectivity index (χ3n) is 4.88. The third-order valence-corrected chi connectivity index (χ3v) is 5.29. The van der Waals surface area contributed by atoms with Gasteiger partial charge in [-0.05, 0) is 30.7 Å². The first-order valence-electron chi connectivity index (χ1n) is 8.46. The Morgan fingerprint density at radius 3 is 2.73 bits per heavy atom. The van der Waals surface area contributed by atoms with Crippen LogP contribution in [-0.4, -0.2) is 34.8 Å². The SMILES string of the molecule is Cc1c(Cl)cccc1NC(=O)C1CN(C(=O)c2c[nH]c3ccccc23)C1. The van der Waals surface area contributed by atoms with E-state index in [0.29, 0.717) is 29.4 Å². The molecule has 2 heterocycles. The molecule has 5 nitrogen and oxygen atoms in total. The van der Waals surface area contributed by atoms with Gasteiger partial charge in [0.2, 0.25) is 5.91 Å². The summed E-state index contributed by atoms with van der Waals surface area (Å²) in [6.45, 7) is 2.71. The van der Waals surface area contributed by atoms with Crippen molar-refractivity contribution in [1.29, 1.82) is 0 Å². The minimum absolute atomic E-state index is 0.0505. The minimum atomic E-state index is -0.206. The van der Waals surface area contributed by atoms with Crippen LogP contribution in [-0.2, 0) is 4.79 Å². The number of rotatable bonds is 3. The third kappa shape index (κ3) is 2.84. The van der Waals surface area contributed by atoms with Gasteiger partial charge in [-0.1, -0.05) is 35.9 Å². The Kier molecular flexibility index (Phi) is 4.17. The molecular formula is C20H18ClN3O2. The summed E-state index contributed by atoms with van der Waals surface area (Å²) in [7, 11) is 0. The number of nitrogens with zero attached hydrogens (tertiary/aromatic N) is 1. The molecule has 1 aliphatic rings. The highest BCUT2D eigenvalue weighted by Crippen LogP contribution is 2.27. The van der Waals surface area contributed by atoms with Crippen molar-refractivity contribution in [2.24, 2.45) is 5.92 Å². The van der Waals surface area contributed by atoms with Crippen LogP contribution in [0.4, 0.5) is 5.69 Å². The van der Waals surface area contributed by atoms with Crippen molar-refractivity contribution in [3.05, 3.63) is 64.8 Å². The Morgan fingerprint density at radius 2 is 1.92 bits per heavy atom. The molecule has 1 aliphatic heterocycles. The first kappa shape index (κ1) is 16.7. The molecule has 132 valence electrons. The smallest absolute Gasteiger partial charge is 0.256 e. The molecule has 0 atom stereocenters. The zero-order valence-corrected chi connectivity index (χ0v) is 15.0. The summed E-state index contributed by atoms with van der Waals surface area (Å²) in [6, 6.07) is 13.1. The van der Waals surface area contributed by atoms with Crippen LogP contribution in [0, 0.1) is 12.8 Å². The molecule has 0 unspecified atom stereocenters. The summed E-state index contributed by atoms with van der Waals surface area (Å²) in [6.07, 6.45) is 1.73. The second-order valence-electron chi connectivity index (χ2n) is 6.56. The Balaban J connectivity index is 1.41. The Labute approximate surface area is 155 Å². The maximum atomic E-state index is 12.7. The number of halogens is 1. The Morgan fingerprint density at radius 1 is 1.15 bits per heavy atom. The lowest BCUT2D eigenvalue weighted by Crippen LogP contribution is -2.54. The molecule has 3 aromatic rings. The molecule has 2 aromatic carbocycles. The number of carbonyl (C=O) groups is 2. The summed E-state index contributed by atoms with van der Waals surface area (Å²) in [5, 5.41) is 4.43. The number of benzene rings is 2. The van der Waals surface area contributed by atoms with Crippen LogP contribution in [0.1, 0.15) is 15.9 Å². The Hall–Kier alpha value is -2.79. The highest BCUT2D eigenvalue weighted by molar-refractivity contribution is 6.31. The average Bonchev–Trinajstić information content (AvgIpc) is 3.01. The van der Waals surface area contributed by atoms with Crippen LogP contribution in [0.3, 0.4) is 0 Å². The molecule has 6 heteroatoms. The van der Waals surface area contributed by atoms with E-state index in [1.165, 1.54) is 0 Å². The molecule has 4 rings (SSSR count). The molecule has 1 saturated heterocycles. The van der Waals surface area contributed by atoms with Crippen molar-refractivity contribution >= 4 is 40.0 Å². The maximum Gasteiger partial charge on any atom is 0.256 e. The van der Waals surface area contributed by atoms with Gasteiger partial charge in [0.1, 0.15) is 0 Å². The lowest BCUT2D eigenvalue weighted by Gasteiger charge is -2.38. The van der Waals surface area contributed by atoms with Gasteiger partial charge in [0, 0.05) is 40.9 Å². The van der Waals surface area contributed by atoms with E-state index in [2.05, 4.69) is 10.3 Å². The zero-order chi connectivity index (χ0) is 18.3. The van der Waals surface area contributed by atoms with Crippen LogP contribution in [0.2, 0.25) is 5.02 Å². The molecule has 2 N–H and O–H groups in total. The Bertz CT molecular complexity index is 1010. The second-order valence-corrected chi connectivity index (χ2v) is 6.96. The van der Waals surface area contributed by atoms with Gasteiger partial charge in [-0.3, -0.25) is 9.59 Å². The number of amides is 2. The molecule has 1 aromatic heterocycles. The predicted octanol–water partition coefficient (Wildman–Crippen LogP) is 3.84. The summed E-state index contributed by atoms with van der Waals surface area (Å²) in [5.41, 5.74) is 3.13. The number of anilines is 1. The van der Waals surface area contributed by atoms with Gasteiger partial charge >= 0.3 is 0 Å². The first-order chi connectivity index (χ1) is 12.5. The topological polar surface area (TPSA) is 65.2 Å². The van der Waals surface area contributed by atoms with Crippen LogP contribution in [0.15, 0.2) is 48.7 Å².